The number of aliphatic carboxylic acids is 4. The van der Waals surface area contributed by atoms with E-state index in [1.807, 2.05) is 0 Å². The van der Waals surface area contributed by atoms with Crippen molar-refractivity contribution >= 4 is 47.5 Å². The summed E-state index contributed by atoms with van der Waals surface area (Å²) < 4.78 is 10.6. The van der Waals surface area contributed by atoms with E-state index in [-0.39, 0.29) is 83.8 Å². The minimum atomic E-state index is -1.32. The van der Waals surface area contributed by atoms with Gasteiger partial charge in [0, 0.05) is 38.8 Å². The van der Waals surface area contributed by atoms with E-state index in [2.05, 4.69) is 26.7 Å². The molecular formula is C42H76N6O14. The van der Waals surface area contributed by atoms with Crippen LogP contribution in [0.2, 0.25) is 0 Å². The third-order valence-corrected chi connectivity index (χ3v) is 10.0. The van der Waals surface area contributed by atoms with Gasteiger partial charge in [0.15, 0.2) is 0 Å². The van der Waals surface area contributed by atoms with Gasteiger partial charge in [-0.3, -0.25) is 34.6 Å². The number of carboxylic acid groups (broad SMARTS) is 4. The number of hydrogen-bond donors (Lipinski definition) is 10. The van der Waals surface area contributed by atoms with E-state index in [0.29, 0.717) is 19.3 Å². The highest BCUT2D eigenvalue weighted by atomic mass is 16.5. The first kappa shape index (κ1) is 57.6. The molecule has 0 unspecified atom stereocenters. The highest BCUT2D eigenvalue weighted by Crippen LogP contribution is 2.14. The molecular weight excluding hydrogens is 812 g/mol. The molecule has 0 radical (unpaired) electrons. The number of nitrogens with one attached hydrogen (secondary N) is 5. The molecule has 0 aromatic carbocycles. The molecule has 0 saturated carbocycles. The normalized spacial score (nSPS) is 12.5. The number of carboxylic acids is 4. The van der Waals surface area contributed by atoms with E-state index in [1.165, 1.54) is 51.4 Å². The van der Waals surface area contributed by atoms with Crippen LogP contribution in [0, 0.1) is 0 Å². The summed E-state index contributed by atoms with van der Waals surface area (Å²) >= 11 is 0. The Morgan fingerprint density at radius 2 is 0.823 bits per heavy atom. The zero-order chi connectivity index (χ0) is 46.2. The molecule has 4 amide bonds. The molecule has 3 atom stereocenters. The molecule has 0 heterocycles. The molecule has 11 N–H and O–H groups in total. The quantitative estimate of drug-likeness (QED) is 0.0239. The summed E-state index contributed by atoms with van der Waals surface area (Å²) in [6.45, 7) is 0.137. The summed E-state index contributed by atoms with van der Waals surface area (Å²) in [6.07, 6.45) is 18.9. The second kappa shape index (κ2) is 39.4. The number of carbonyl (C=O) groups is 8. The first-order chi connectivity index (χ1) is 29.8. The van der Waals surface area contributed by atoms with Crippen LogP contribution in [-0.4, -0.2) is 126 Å². The van der Waals surface area contributed by atoms with E-state index < -0.39 is 66.3 Å². The smallest absolute Gasteiger partial charge is 0.326 e. The largest absolute Gasteiger partial charge is 0.481 e. The van der Waals surface area contributed by atoms with Gasteiger partial charge in [0.25, 0.3) is 0 Å². The molecule has 0 rings (SSSR count). The van der Waals surface area contributed by atoms with Gasteiger partial charge in [0.2, 0.25) is 23.6 Å². The monoisotopic (exact) mass is 889 g/mol. The summed E-state index contributed by atoms with van der Waals surface area (Å²) in [4.78, 5) is 93.4. The average Bonchev–Trinajstić information content (AvgIpc) is 3.22. The molecule has 358 valence electrons. The fourth-order valence-electron chi connectivity index (χ4n) is 6.41. The Balaban J connectivity index is 3.89. The Kier molecular flexibility index (Phi) is 36.6. The van der Waals surface area contributed by atoms with Crippen LogP contribution in [0.5, 0.6) is 0 Å². The lowest BCUT2D eigenvalue weighted by Crippen LogP contribution is -2.43. The predicted octanol–water partition coefficient (Wildman–Crippen LogP) is 3.14. The number of rotatable bonds is 44. The van der Waals surface area contributed by atoms with Crippen LogP contribution in [0.3, 0.4) is 0 Å². The summed E-state index contributed by atoms with van der Waals surface area (Å²) in [5, 5.41) is 46.6. The van der Waals surface area contributed by atoms with E-state index in [4.69, 9.17) is 25.5 Å². The lowest BCUT2D eigenvalue weighted by molar-refractivity contribution is -0.143. The molecule has 0 saturated heterocycles. The number of unbranched alkanes of at least 4 members (excludes halogenated alkanes) is 16. The van der Waals surface area contributed by atoms with Gasteiger partial charge in [-0.15, -0.1) is 0 Å². The van der Waals surface area contributed by atoms with E-state index >= 15 is 0 Å². The summed E-state index contributed by atoms with van der Waals surface area (Å²) in [7, 11) is 0. The third kappa shape index (κ3) is 36.3. The van der Waals surface area contributed by atoms with Crippen LogP contribution in [0.25, 0.3) is 0 Å². The first-order valence-electron chi connectivity index (χ1n) is 22.4. The van der Waals surface area contributed by atoms with E-state index in [0.717, 1.165) is 44.9 Å². The molecule has 0 aromatic heterocycles. The fraction of sp³-hybridized carbons (Fsp3) is 0.810. The van der Waals surface area contributed by atoms with Gasteiger partial charge in [0.05, 0.1) is 19.8 Å². The van der Waals surface area contributed by atoms with Gasteiger partial charge >= 0.3 is 23.9 Å². The van der Waals surface area contributed by atoms with Crippen molar-refractivity contribution in [3.8, 4) is 0 Å². The van der Waals surface area contributed by atoms with Crippen molar-refractivity contribution in [2.45, 2.75) is 179 Å². The van der Waals surface area contributed by atoms with Gasteiger partial charge in [-0.1, -0.05) is 89.9 Å². The standard InChI is InChI=1S/C42H76N6O14/c43-48-34(42(59)60)19-17-18-26-44-35(49)24-23-33(41(57)58)47-38(52)31-62-30-29-61-28-27-45-36(50)25-22-32(40(55)56)46-37(51)20-15-13-11-9-7-5-3-1-2-4-6-8-10-12-14-16-21-39(53)54/h32-34,48H,1-31,43H2,(H,44,49)(H,45,50)(H,46,51)(H,47,52)(H,53,54)(H,55,56)(H,57,58)(H,59,60)/t32-,33-,34-/m0/s1. The third-order valence-electron chi connectivity index (χ3n) is 10.0. The van der Waals surface area contributed by atoms with Crippen LogP contribution in [0.1, 0.15) is 161 Å². The van der Waals surface area contributed by atoms with Crippen LogP contribution < -0.4 is 32.5 Å². The number of amides is 4. The van der Waals surface area contributed by atoms with Crippen molar-refractivity contribution in [2.75, 3.05) is 39.5 Å². The highest BCUT2D eigenvalue weighted by molar-refractivity contribution is 5.85. The van der Waals surface area contributed by atoms with E-state index in [9.17, 15) is 48.6 Å². The molecule has 0 bridgehead atoms. The zero-order valence-electron chi connectivity index (χ0n) is 36.6. The Hall–Kier alpha value is -4.40. The second-order valence-electron chi connectivity index (χ2n) is 15.5. The van der Waals surface area contributed by atoms with Gasteiger partial charge < -0.3 is 51.2 Å². The number of carbonyl (C=O) groups excluding carboxylic acids is 4. The van der Waals surface area contributed by atoms with Gasteiger partial charge in [0.1, 0.15) is 24.7 Å². The zero-order valence-corrected chi connectivity index (χ0v) is 36.6. The number of hydrazine groups is 1. The summed E-state index contributed by atoms with van der Waals surface area (Å²) in [5.74, 6) is -1.03. The number of hydrogen-bond acceptors (Lipinski definition) is 12. The molecule has 20 nitrogen and oxygen atoms in total. The van der Waals surface area contributed by atoms with Gasteiger partial charge in [-0.05, 0) is 44.9 Å². The number of ether oxygens (including phenoxy) is 2. The summed E-state index contributed by atoms with van der Waals surface area (Å²) in [6, 6.07) is -3.38. The molecule has 0 spiro atoms. The van der Waals surface area contributed by atoms with E-state index in [1.54, 1.807) is 0 Å². The fourth-order valence-corrected chi connectivity index (χ4v) is 6.41. The Labute approximate surface area is 365 Å². The molecule has 62 heavy (non-hydrogen) atoms. The Bertz CT molecular complexity index is 1290. The predicted molar refractivity (Wildman–Crippen MR) is 229 cm³/mol. The molecule has 0 aliphatic carbocycles. The maximum absolute atomic E-state index is 12.3. The second-order valence-corrected chi connectivity index (χ2v) is 15.5. The lowest BCUT2D eigenvalue weighted by Gasteiger charge is -2.15. The molecule has 0 fully saturated rings. The van der Waals surface area contributed by atoms with Crippen molar-refractivity contribution < 1.29 is 68.3 Å². The lowest BCUT2D eigenvalue weighted by atomic mass is 10.0. The Morgan fingerprint density at radius 3 is 1.27 bits per heavy atom. The van der Waals surface area contributed by atoms with Crippen LogP contribution >= 0.6 is 0 Å². The number of nitrogens with two attached hydrogens (primary N) is 1. The van der Waals surface area contributed by atoms with Crippen LogP contribution in [0.15, 0.2) is 0 Å². The minimum absolute atomic E-state index is 0.0000355. The van der Waals surface area contributed by atoms with Crippen molar-refractivity contribution in [2.24, 2.45) is 5.84 Å². The van der Waals surface area contributed by atoms with Crippen molar-refractivity contribution in [1.82, 2.24) is 26.7 Å². The molecule has 0 aromatic rings. The van der Waals surface area contributed by atoms with Crippen LogP contribution in [-0.2, 0) is 47.8 Å². The Morgan fingerprint density at radius 1 is 0.403 bits per heavy atom. The van der Waals surface area contributed by atoms with Crippen molar-refractivity contribution in [3.05, 3.63) is 0 Å². The molecule has 0 aliphatic rings. The molecule has 0 aliphatic heterocycles. The maximum Gasteiger partial charge on any atom is 0.326 e. The van der Waals surface area contributed by atoms with Crippen molar-refractivity contribution in [3.63, 3.8) is 0 Å². The maximum atomic E-state index is 12.3. The SMILES string of the molecule is NN[C@@H](CCCCNC(=O)CC[C@H](NC(=O)COCCOCCNC(=O)CC[C@H](NC(=O)CCCCCCCCCCCCCCCCCCC(=O)O)C(=O)O)C(=O)O)C(=O)O. The van der Waals surface area contributed by atoms with Crippen LogP contribution in [0.4, 0.5) is 0 Å². The van der Waals surface area contributed by atoms with Gasteiger partial charge in [-0.25, -0.2) is 15.0 Å². The average molecular weight is 889 g/mol. The van der Waals surface area contributed by atoms with Crippen molar-refractivity contribution in [1.29, 1.82) is 0 Å². The minimum Gasteiger partial charge on any atom is -0.481 e. The molecule has 20 heteroatoms. The first-order valence-corrected chi connectivity index (χ1v) is 22.4. The van der Waals surface area contributed by atoms with Gasteiger partial charge in [-0.2, -0.15) is 0 Å². The highest BCUT2D eigenvalue weighted by Gasteiger charge is 2.22. The topological polar surface area (TPSA) is 322 Å². The summed E-state index contributed by atoms with van der Waals surface area (Å²) in [5.41, 5.74) is 2.19.